The number of allylic oxidation sites excluding steroid dienone is 4. The summed E-state index contributed by atoms with van der Waals surface area (Å²) in [5, 5.41) is 3.19. The van der Waals surface area contributed by atoms with Gasteiger partial charge < -0.3 is 14.8 Å². The van der Waals surface area contributed by atoms with Gasteiger partial charge in [0.25, 0.3) is 5.56 Å². The Morgan fingerprint density at radius 3 is 2.60 bits per heavy atom. The molecule has 1 aliphatic carbocycles. The van der Waals surface area contributed by atoms with Gasteiger partial charge in [-0.2, -0.15) is 4.98 Å². The number of alkyl halides is 3. The minimum absolute atomic E-state index is 0.00987. The van der Waals surface area contributed by atoms with E-state index in [-0.39, 0.29) is 41.3 Å². The van der Waals surface area contributed by atoms with Gasteiger partial charge >= 0.3 is 18.1 Å². The molecule has 14 heteroatoms. The van der Waals surface area contributed by atoms with Gasteiger partial charge in [0.15, 0.2) is 11.2 Å². The summed E-state index contributed by atoms with van der Waals surface area (Å²) in [5.41, 5.74) is -1.55. The molecule has 0 spiro atoms. The summed E-state index contributed by atoms with van der Waals surface area (Å²) in [5.74, 6) is -1.30. The molecule has 10 nitrogen and oxygen atoms in total. The van der Waals surface area contributed by atoms with Crippen molar-refractivity contribution in [1.82, 2.24) is 24.0 Å². The number of nitrogens with zero attached hydrogens (tertiary/aromatic N) is 4. The summed E-state index contributed by atoms with van der Waals surface area (Å²) in [6.07, 6.45) is 1.19. The second-order valence-corrected chi connectivity index (χ2v) is 9.75. The number of halogens is 4. The molecule has 0 bridgehead atoms. The summed E-state index contributed by atoms with van der Waals surface area (Å²) >= 11 is 6.13. The smallest absolute Gasteiger partial charge is 0.425 e. The minimum atomic E-state index is -4.91. The Morgan fingerprint density at radius 1 is 1.20 bits per heavy atom. The standard InChI is InChI=1S/C26H27ClF3N5O5/c1-4-10-31-20(36)14-35-23(37)21-22(33(3)25(35)38)32-24(34(21)13-16-8-9-17(27)11-15(16)2)39-18-6-5-7-19(12-18)40-26(28,29)30/h5-9,11-12,15-16H,4,10,13-14H2,1-3H3,(H,31,36). The van der Waals surface area contributed by atoms with Gasteiger partial charge in [0.1, 0.15) is 18.0 Å². The predicted molar refractivity (Wildman–Crippen MR) is 141 cm³/mol. The summed E-state index contributed by atoms with van der Waals surface area (Å²) in [6.45, 7) is 3.83. The highest BCUT2D eigenvalue weighted by Crippen LogP contribution is 2.32. The number of nitrogens with one attached hydrogen (secondary N) is 1. The number of hydrogen-bond acceptors (Lipinski definition) is 6. The van der Waals surface area contributed by atoms with E-state index in [2.05, 4.69) is 15.0 Å². The first kappa shape index (κ1) is 29.0. The number of aromatic nitrogens is 4. The Bertz CT molecular complexity index is 1600. The molecule has 0 fully saturated rings. The molecule has 0 saturated heterocycles. The largest absolute Gasteiger partial charge is 0.573 e. The van der Waals surface area contributed by atoms with Crippen LogP contribution in [-0.2, 0) is 24.9 Å². The van der Waals surface area contributed by atoms with Crippen LogP contribution in [0.5, 0.6) is 17.5 Å². The number of imidazole rings is 1. The average molecular weight is 582 g/mol. The van der Waals surface area contributed by atoms with Crippen molar-refractivity contribution < 1.29 is 27.4 Å². The van der Waals surface area contributed by atoms with Crippen LogP contribution in [0.25, 0.3) is 11.2 Å². The van der Waals surface area contributed by atoms with Crippen LogP contribution in [-0.4, -0.2) is 37.5 Å². The lowest BCUT2D eigenvalue weighted by molar-refractivity contribution is -0.274. The maximum Gasteiger partial charge on any atom is 0.573 e. The van der Waals surface area contributed by atoms with Crippen LogP contribution in [0.4, 0.5) is 13.2 Å². The number of aryl methyl sites for hydroxylation is 1. The quantitative estimate of drug-likeness (QED) is 0.408. The summed E-state index contributed by atoms with van der Waals surface area (Å²) in [4.78, 5) is 43.4. The Labute approximate surface area is 231 Å². The lowest BCUT2D eigenvalue weighted by Crippen LogP contribution is -2.43. The van der Waals surface area contributed by atoms with Crippen molar-refractivity contribution in [3.8, 4) is 17.5 Å². The van der Waals surface area contributed by atoms with Gasteiger partial charge in [0.05, 0.1) is 0 Å². The van der Waals surface area contributed by atoms with Crippen molar-refractivity contribution in [1.29, 1.82) is 0 Å². The first-order valence-electron chi connectivity index (χ1n) is 12.4. The summed E-state index contributed by atoms with van der Waals surface area (Å²) in [6, 6.07) is 4.70. The van der Waals surface area contributed by atoms with Crippen molar-refractivity contribution in [2.45, 2.75) is 39.7 Å². The monoisotopic (exact) mass is 581 g/mol. The van der Waals surface area contributed by atoms with Crippen LogP contribution in [0, 0.1) is 11.8 Å². The van der Waals surface area contributed by atoms with E-state index < -0.39 is 35.8 Å². The molecular weight excluding hydrogens is 555 g/mol. The van der Waals surface area contributed by atoms with E-state index in [4.69, 9.17) is 16.3 Å². The third-order valence-corrected chi connectivity index (χ3v) is 6.57. The minimum Gasteiger partial charge on any atom is -0.425 e. The van der Waals surface area contributed by atoms with Gasteiger partial charge in [-0.1, -0.05) is 43.7 Å². The first-order chi connectivity index (χ1) is 18.9. The van der Waals surface area contributed by atoms with Crippen LogP contribution >= 0.6 is 11.6 Å². The second-order valence-electron chi connectivity index (χ2n) is 9.32. The fourth-order valence-corrected chi connectivity index (χ4v) is 4.57. The Balaban J connectivity index is 1.84. The number of rotatable bonds is 9. The maximum atomic E-state index is 13.6. The van der Waals surface area contributed by atoms with Gasteiger partial charge in [-0.15, -0.1) is 13.2 Å². The van der Waals surface area contributed by atoms with Crippen molar-refractivity contribution >= 4 is 28.7 Å². The van der Waals surface area contributed by atoms with Crippen LogP contribution in [0.2, 0.25) is 0 Å². The highest BCUT2D eigenvalue weighted by atomic mass is 35.5. The van der Waals surface area contributed by atoms with Crippen LogP contribution < -0.4 is 26.0 Å². The summed E-state index contributed by atoms with van der Waals surface area (Å²) in [7, 11) is 1.40. The molecule has 2 unspecified atom stereocenters. The maximum absolute atomic E-state index is 13.6. The lowest BCUT2D eigenvalue weighted by Gasteiger charge is -2.23. The van der Waals surface area contributed by atoms with Crippen molar-refractivity contribution in [2.75, 3.05) is 6.54 Å². The van der Waals surface area contributed by atoms with Crippen molar-refractivity contribution in [3.63, 3.8) is 0 Å². The van der Waals surface area contributed by atoms with E-state index in [0.717, 1.165) is 21.3 Å². The molecule has 2 heterocycles. The van der Waals surface area contributed by atoms with E-state index in [9.17, 15) is 27.6 Å². The van der Waals surface area contributed by atoms with Crippen LogP contribution in [0.3, 0.4) is 0 Å². The molecule has 2 atom stereocenters. The highest BCUT2D eigenvalue weighted by Gasteiger charge is 2.31. The lowest BCUT2D eigenvalue weighted by atomic mass is 9.90. The molecule has 0 radical (unpaired) electrons. The average Bonchev–Trinajstić information content (AvgIpc) is 3.22. The van der Waals surface area contributed by atoms with E-state index in [1.165, 1.54) is 23.7 Å². The van der Waals surface area contributed by atoms with Crippen molar-refractivity contribution in [2.24, 2.45) is 18.9 Å². The summed E-state index contributed by atoms with van der Waals surface area (Å²) < 4.78 is 51.5. The predicted octanol–water partition coefficient (Wildman–Crippen LogP) is 4.06. The zero-order valence-corrected chi connectivity index (χ0v) is 22.6. The zero-order chi connectivity index (χ0) is 29.2. The molecule has 1 N–H and O–H groups in total. The number of carbonyl (C=O) groups is 1. The van der Waals surface area contributed by atoms with E-state index >= 15 is 0 Å². The third-order valence-electron chi connectivity index (χ3n) is 6.31. The number of fused-ring (bicyclic) bond motifs is 1. The number of carbonyl (C=O) groups excluding carboxylic acids is 1. The van der Waals surface area contributed by atoms with Gasteiger partial charge in [-0.25, -0.2) is 9.36 Å². The molecule has 0 saturated carbocycles. The molecule has 1 amide bonds. The molecule has 214 valence electrons. The Morgan fingerprint density at radius 2 is 1.93 bits per heavy atom. The van der Waals surface area contributed by atoms with Crippen molar-refractivity contribution in [3.05, 3.63) is 68.4 Å². The normalized spacial score (nSPS) is 17.1. The van der Waals surface area contributed by atoms with E-state index in [0.29, 0.717) is 18.0 Å². The van der Waals surface area contributed by atoms with Crippen LogP contribution in [0.15, 0.2) is 57.1 Å². The molecule has 0 aliphatic heterocycles. The fraction of sp³-hybridized carbons (Fsp3) is 0.385. The Kier molecular flexibility index (Phi) is 8.43. The molecule has 40 heavy (non-hydrogen) atoms. The third kappa shape index (κ3) is 6.41. The topological polar surface area (TPSA) is 109 Å². The Hall–Kier alpha value is -4.00. The molecule has 2 aromatic heterocycles. The van der Waals surface area contributed by atoms with E-state index in [1.807, 2.05) is 26.0 Å². The number of hydrogen-bond donors (Lipinski definition) is 1. The SMILES string of the molecule is CCCNC(=O)Cn1c(=O)c2c(nc(Oc3cccc(OC(F)(F)F)c3)n2CC2C=CC(Cl)=CC2C)n(C)c1=O. The molecule has 4 rings (SSSR count). The highest BCUT2D eigenvalue weighted by molar-refractivity contribution is 6.31. The second kappa shape index (κ2) is 11.6. The van der Waals surface area contributed by atoms with Gasteiger partial charge in [-0.3, -0.25) is 18.7 Å². The van der Waals surface area contributed by atoms with Gasteiger partial charge in [0, 0.05) is 37.2 Å². The van der Waals surface area contributed by atoms with Gasteiger partial charge in [0.2, 0.25) is 5.91 Å². The molecular formula is C26H27ClF3N5O5. The van der Waals surface area contributed by atoms with Gasteiger partial charge in [-0.05, 0) is 30.5 Å². The number of amides is 1. The number of benzene rings is 1. The van der Waals surface area contributed by atoms with Crippen LogP contribution in [0.1, 0.15) is 20.3 Å². The first-order valence-corrected chi connectivity index (χ1v) is 12.8. The molecule has 1 aromatic carbocycles. The van der Waals surface area contributed by atoms with E-state index in [1.54, 1.807) is 6.08 Å². The zero-order valence-electron chi connectivity index (χ0n) is 21.9. The molecule has 1 aliphatic rings. The fourth-order valence-electron chi connectivity index (χ4n) is 4.30. The molecule has 3 aromatic rings. The number of ether oxygens (including phenoxy) is 2.